The number of aliphatic hydroxyl groups is 2. The highest BCUT2D eigenvalue weighted by Gasteiger charge is 2.46. The van der Waals surface area contributed by atoms with E-state index in [4.69, 9.17) is 15.6 Å². The molecule has 0 bridgehead atoms. The molecule has 1 fully saturated rings. The molecule has 1 aromatic heterocycles. The number of ether oxygens (including phenoxy) is 1. The summed E-state index contributed by atoms with van der Waals surface area (Å²) in [5.74, 6) is 0.00576. The SMILES string of the molecule is Nc1ccn(C2O[C@H](CO)[C@@H](O)[C@@H]2OF)c(=O)n1. The number of nitrogens with two attached hydrogens (primary N) is 1. The molecule has 0 amide bonds. The first kappa shape index (κ1) is 12.9. The molecule has 1 aromatic rings. The number of halogens is 1. The van der Waals surface area contributed by atoms with Gasteiger partial charge in [0, 0.05) is 6.20 Å². The standard InChI is InChI=1S/C9H12FN3O5/c10-18-7-6(15)4(3-14)17-8(7)13-2-1-5(11)12-9(13)16/h1-2,4,6-8,14-15H,3H2,(H2,11,12,16)/t4-,6-,7+,8?/m1/s1. The molecule has 18 heavy (non-hydrogen) atoms. The third kappa shape index (κ3) is 2.08. The van der Waals surface area contributed by atoms with Crippen LogP contribution in [0.5, 0.6) is 0 Å². The van der Waals surface area contributed by atoms with E-state index in [0.29, 0.717) is 0 Å². The van der Waals surface area contributed by atoms with Crippen molar-refractivity contribution in [1.29, 1.82) is 0 Å². The lowest BCUT2D eigenvalue weighted by atomic mass is 10.1. The maximum Gasteiger partial charge on any atom is 0.351 e. The highest BCUT2D eigenvalue weighted by Crippen LogP contribution is 2.30. The highest BCUT2D eigenvalue weighted by atomic mass is 19.3. The van der Waals surface area contributed by atoms with Gasteiger partial charge in [-0.2, -0.15) is 9.93 Å². The van der Waals surface area contributed by atoms with Gasteiger partial charge in [0.15, 0.2) is 12.3 Å². The monoisotopic (exact) mass is 261 g/mol. The predicted octanol–water partition coefficient (Wildman–Crippen LogP) is -1.65. The van der Waals surface area contributed by atoms with Crippen molar-refractivity contribution < 1.29 is 24.4 Å². The maximum atomic E-state index is 12.4. The molecule has 2 rings (SSSR count). The van der Waals surface area contributed by atoms with Crippen LogP contribution in [0.2, 0.25) is 0 Å². The number of nitrogen functional groups attached to an aromatic ring is 1. The molecule has 4 N–H and O–H groups in total. The molecule has 1 aliphatic heterocycles. The minimum Gasteiger partial charge on any atom is -0.394 e. The molecular weight excluding hydrogens is 249 g/mol. The Morgan fingerprint density at radius 2 is 2.39 bits per heavy atom. The summed E-state index contributed by atoms with van der Waals surface area (Å²) >= 11 is 0. The zero-order valence-corrected chi connectivity index (χ0v) is 9.14. The van der Waals surface area contributed by atoms with E-state index in [2.05, 4.69) is 9.93 Å². The summed E-state index contributed by atoms with van der Waals surface area (Å²) < 4.78 is 18.5. The zero-order chi connectivity index (χ0) is 13.3. The van der Waals surface area contributed by atoms with Crippen LogP contribution in [-0.2, 0) is 9.68 Å². The normalized spacial score (nSPS) is 31.7. The number of hydrogen-bond acceptors (Lipinski definition) is 7. The fraction of sp³-hybridized carbons (Fsp3) is 0.556. The second kappa shape index (κ2) is 4.98. The number of rotatable bonds is 3. The summed E-state index contributed by atoms with van der Waals surface area (Å²) in [6.45, 7) is -0.533. The first-order valence-electron chi connectivity index (χ1n) is 5.15. The lowest BCUT2D eigenvalue weighted by Crippen LogP contribution is -2.36. The Morgan fingerprint density at radius 3 is 2.94 bits per heavy atom. The molecule has 0 spiro atoms. The molecule has 1 aliphatic rings. The van der Waals surface area contributed by atoms with Crippen molar-refractivity contribution in [3.63, 3.8) is 0 Å². The van der Waals surface area contributed by atoms with Crippen molar-refractivity contribution in [2.75, 3.05) is 12.3 Å². The van der Waals surface area contributed by atoms with Gasteiger partial charge < -0.3 is 20.7 Å². The lowest BCUT2D eigenvalue weighted by Gasteiger charge is -2.17. The summed E-state index contributed by atoms with van der Waals surface area (Å²) in [6.07, 6.45) is -3.84. The molecule has 2 heterocycles. The van der Waals surface area contributed by atoms with Gasteiger partial charge in [-0.05, 0) is 10.6 Å². The van der Waals surface area contributed by atoms with Crippen LogP contribution in [0.4, 0.5) is 10.3 Å². The van der Waals surface area contributed by atoms with Gasteiger partial charge >= 0.3 is 5.69 Å². The molecule has 0 aliphatic carbocycles. The van der Waals surface area contributed by atoms with Crippen molar-refractivity contribution in [3.05, 3.63) is 22.7 Å². The second-order valence-electron chi connectivity index (χ2n) is 3.83. The van der Waals surface area contributed by atoms with Crippen LogP contribution >= 0.6 is 0 Å². The maximum absolute atomic E-state index is 12.4. The van der Waals surface area contributed by atoms with Crippen molar-refractivity contribution in [3.8, 4) is 0 Å². The van der Waals surface area contributed by atoms with Crippen molar-refractivity contribution in [2.24, 2.45) is 0 Å². The van der Waals surface area contributed by atoms with Crippen molar-refractivity contribution in [1.82, 2.24) is 9.55 Å². The van der Waals surface area contributed by atoms with Crippen LogP contribution in [-0.4, -0.2) is 44.7 Å². The third-order valence-corrected chi connectivity index (χ3v) is 2.72. The Kier molecular flexibility index (Phi) is 3.57. The van der Waals surface area contributed by atoms with Gasteiger partial charge in [0.05, 0.1) is 6.61 Å². The van der Waals surface area contributed by atoms with E-state index in [-0.39, 0.29) is 5.82 Å². The molecule has 0 radical (unpaired) electrons. The van der Waals surface area contributed by atoms with Gasteiger partial charge in [-0.15, -0.1) is 0 Å². The first-order chi connectivity index (χ1) is 8.58. The first-order valence-corrected chi connectivity index (χ1v) is 5.15. The van der Waals surface area contributed by atoms with E-state index in [9.17, 15) is 14.4 Å². The fourth-order valence-corrected chi connectivity index (χ4v) is 1.81. The molecule has 1 unspecified atom stereocenters. The summed E-state index contributed by atoms with van der Waals surface area (Å²) in [7, 11) is 0. The van der Waals surface area contributed by atoms with E-state index in [1.807, 2.05) is 0 Å². The summed E-state index contributed by atoms with van der Waals surface area (Å²) in [5.41, 5.74) is 4.54. The van der Waals surface area contributed by atoms with Gasteiger partial charge in [-0.1, -0.05) is 0 Å². The minimum absolute atomic E-state index is 0.00576. The van der Waals surface area contributed by atoms with Crippen LogP contribution in [0, 0.1) is 0 Å². The summed E-state index contributed by atoms with van der Waals surface area (Å²) in [4.78, 5) is 18.6. The molecule has 0 saturated carbocycles. The quantitative estimate of drug-likeness (QED) is 0.596. The second-order valence-corrected chi connectivity index (χ2v) is 3.83. The van der Waals surface area contributed by atoms with E-state index in [1.165, 1.54) is 12.3 Å². The number of hydrogen-bond donors (Lipinski definition) is 3. The smallest absolute Gasteiger partial charge is 0.351 e. The van der Waals surface area contributed by atoms with Crippen LogP contribution < -0.4 is 11.4 Å². The third-order valence-electron chi connectivity index (χ3n) is 2.72. The molecule has 100 valence electrons. The van der Waals surface area contributed by atoms with Crippen molar-refractivity contribution in [2.45, 2.75) is 24.5 Å². The summed E-state index contributed by atoms with van der Waals surface area (Å²) in [5, 5.41) is 18.6. The van der Waals surface area contributed by atoms with Gasteiger partial charge in [-0.3, -0.25) is 4.57 Å². The topological polar surface area (TPSA) is 120 Å². The van der Waals surface area contributed by atoms with Crippen LogP contribution in [0.25, 0.3) is 0 Å². The molecule has 1 saturated heterocycles. The zero-order valence-electron chi connectivity index (χ0n) is 9.14. The average molecular weight is 261 g/mol. The molecule has 0 aromatic carbocycles. The number of aliphatic hydroxyl groups excluding tert-OH is 2. The Hall–Kier alpha value is -1.55. The van der Waals surface area contributed by atoms with Gasteiger partial charge in [-0.25, -0.2) is 4.79 Å². The van der Waals surface area contributed by atoms with E-state index in [1.54, 1.807) is 0 Å². The predicted molar refractivity (Wildman–Crippen MR) is 55.9 cm³/mol. The van der Waals surface area contributed by atoms with Crippen LogP contribution in [0.1, 0.15) is 6.23 Å². The van der Waals surface area contributed by atoms with Gasteiger partial charge in [0.2, 0.25) is 0 Å². The van der Waals surface area contributed by atoms with Crippen LogP contribution in [0.3, 0.4) is 0 Å². The van der Waals surface area contributed by atoms with Gasteiger partial charge in [0.1, 0.15) is 18.0 Å². The number of nitrogens with zero attached hydrogens (tertiary/aromatic N) is 2. The lowest BCUT2D eigenvalue weighted by molar-refractivity contribution is -0.221. The number of aromatic nitrogens is 2. The van der Waals surface area contributed by atoms with Crippen molar-refractivity contribution >= 4 is 5.82 Å². The van der Waals surface area contributed by atoms with E-state index in [0.717, 1.165) is 4.57 Å². The Bertz CT molecular complexity index is 482. The Morgan fingerprint density at radius 1 is 1.67 bits per heavy atom. The Labute approximate surface area is 100 Å². The minimum atomic E-state index is -1.43. The fourth-order valence-electron chi connectivity index (χ4n) is 1.81. The highest BCUT2D eigenvalue weighted by molar-refractivity contribution is 5.23. The largest absolute Gasteiger partial charge is 0.394 e. The molecule has 4 atom stereocenters. The molecular formula is C9H12FN3O5. The summed E-state index contributed by atoms with van der Waals surface area (Å²) in [6, 6.07) is 1.32. The van der Waals surface area contributed by atoms with Gasteiger partial charge in [0.25, 0.3) is 0 Å². The van der Waals surface area contributed by atoms with Crippen LogP contribution in [0.15, 0.2) is 17.1 Å². The van der Waals surface area contributed by atoms with E-state index >= 15 is 0 Å². The number of anilines is 1. The van der Waals surface area contributed by atoms with E-state index < -0.39 is 36.8 Å². The molecule has 9 heteroatoms. The molecule has 8 nitrogen and oxygen atoms in total. The Balaban J connectivity index is 2.35. The average Bonchev–Trinajstić information content (AvgIpc) is 2.65.